The van der Waals surface area contributed by atoms with Crippen molar-refractivity contribution < 1.29 is 4.79 Å². The Morgan fingerprint density at radius 3 is 2.19 bits per heavy atom. The van der Waals surface area contributed by atoms with E-state index in [1.807, 2.05) is 52.0 Å². The highest BCUT2D eigenvalue weighted by molar-refractivity contribution is 9.10. The highest BCUT2D eigenvalue weighted by atomic mass is 79.9. The maximum atomic E-state index is 12.0. The summed E-state index contributed by atoms with van der Waals surface area (Å²) in [6, 6.07) is 8.06. The molecule has 1 aromatic rings. The average Bonchev–Trinajstić information content (AvgIpc) is 2.20. The van der Waals surface area contributed by atoms with Gasteiger partial charge in [0, 0.05) is 15.3 Å². The molecule has 16 heavy (non-hydrogen) atoms. The fraction of sp³-hybridized carbons (Fsp3) is 0.462. The summed E-state index contributed by atoms with van der Waals surface area (Å²) >= 11 is 5.02. The second-order valence-electron chi connectivity index (χ2n) is 4.59. The van der Waals surface area contributed by atoms with E-state index in [4.69, 9.17) is 0 Å². The van der Waals surface area contributed by atoms with E-state index in [2.05, 4.69) is 15.9 Å². The van der Waals surface area contributed by atoms with Crippen molar-refractivity contribution in [3.63, 3.8) is 0 Å². The van der Waals surface area contributed by atoms with Gasteiger partial charge in [0.1, 0.15) is 0 Å². The number of carbonyl (C=O) groups is 1. The predicted molar refractivity (Wildman–Crippen MR) is 73.9 cm³/mol. The van der Waals surface area contributed by atoms with Crippen molar-refractivity contribution in [1.82, 2.24) is 0 Å². The van der Waals surface area contributed by atoms with E-state index in [-0.39, 0.29) is 10.7 Å². The first-order valence-corrected chi connectivity index (χ1v) is 6.93. The fourth-order valence-electron chi connectivity index (χ4n) is 1.54. The molecular formula is C13H17BrOS. The molecule has 0 saturated carbocycles. The first kappa shape index (κ1) is 13.8. The van der Waals surface area contributed by atoms with Crippen LogP contribution >= 0.6 is 27.7 Å². The Bertz CT molecular complexity index is 368. The molecule has 0 aromatic heterocycles. The van der Waals surface area contributed by atoms with Crippen molar-refractivity contribution in [3.05, 3.63) is 28.7 Å². The highest BCUT2D eigenvalue weighted by Crippen LogP contribution is 2.35. The van der Waals surface area contributed by atoms with Crippen molar-refractivity contribution in [2.24, 2.45) is 5.92 Å². The Hall–Kier alpha value is -0.280. The quantitative estimate of drug-likeness (QED) is 0.759. The van der Waals surface area contributed by atoms with Gasteiger partial charge < -0.3 is 0 Å². The predicted octanol–water partition coefficient (Wildman–Crippen LogP) is 4.54. The molecule has 0 saturated heterocycles. The Kier molecular flexibility index (Phi) is 4.62. The minimum absolute atomic E-state index is 0.0814. The number of benzene rings is 1. The number of halogens is 1. The van der Waals surface area contributed by atoms with Gasteiger partial charge in [-0.15, -0.1) is 11.8 Å². The third-order valence-electron chi connectivity index (χ3n) is 2.30. The Morgan fingerprint density at radius 1 is 1.25 bits per heavy atom. The van der Waals surface area contributed by atoms with Gasteiger partial charge >= 0.3 is 0 Å². The number of rotatable bonds is 4. The molecule has 0 N–H and O–H groups in total. The molecule has 0 fully saturated rings. The van der Waals surface area contributed by atoms with E-state index in [1.165, 1.54) is 0 Å². The zero-order chi connectivity index (χ0) is 12.3. The first-order chi connectivity index (χ1) is 7.33. The third-order valence-corrected chi connectivity index (χ3v) is 4.05. The minimum Gasteiger partial charge on any atom is -0.298 e. The Labute approximate surface area is 110 Å². The SMILES string of the molecule is CC(C)C(=O)C(C)(C)Sc1ccc(Br)cc1. The van der Waals surface area contributed by atoms with Crippen LogP contribution in [-0.4, -0.2) is 10.5 Å². The monoisotopic (exact) mass is 300 g/mol. The molecule has 1 aromatic carbocycles. The van der Waals surface area contributed by atoms with E-state index >= 15 is 0 Å². The molecule has 3 heteroatoms. The van der Waals surface area contributed by atoms with Crippen LogP contribution in [0, 0.1) is 5.92 Å². The summed E-state index contributed by atoms with van der Waals surface area (Å²) < 4.78 is 0.701. The van der Waals surface area contributed by atoms with E-state index in [9.17, 15) is 4.79 Å². The van der Waals surface area contributed by atoms with Crippen LogP contribution in [-0.2, 0) is 4.79 Å². The summed E-state index contributed by atoms with van der Waals surface area (Å²) in [5.41, 5.74) is 0. The lowest BCUT2D eigenvalue weighted by Gasteiger charge is -2.24. The molecular weight excluding hydrogens is 284 g/mol. The number of ketones is 1. The molecule has 1 rings (SSSR count). The summed E-state index contributed by atoms with van der Waals surface area (Å²) in [4.78, 5) is 13.1. The fourth-order valence-corrected chi connectivity index (χ4v) is 3.00. The first-order valence-electron chi connectivity index (χ1n) is 5.32. The molecule has 0 atom stereocenters. The van der Waals surface area contributed by atoms with Gasteiger partial charge in [0.15, 0.2) is 5.78 Å². The average molecular weight is 301 g/mol. The van der Waals surface area contributed by atoms with Gasteiger partial charge in [-0.25, -0.2) is 0 Å². The summed E-state index contributed by atoms with van der Waals surface area (Å²) in [6.07, 6.45) is 0. The topological polar surface area (TPSA) is 17.1 Å². The van der Waals surface area contributed by atoms with Crippen LogP contribution in [0.5, 0.6) is 0 Å². The Morgan fingerprint density at radius 2 is 1.75 bits per heavy atom. The number of hydrogen-bond donors (Lipinski definition) is 0. The van der Waals surface area contributed by atoms with Crippen molar-refractivity contribution in [2.75, 3.05) is 0 Å². The maximum Gasteiger partial charge on any atom is 0.151 e. The molecule has 1 nitrogen and oxygen atoms in total. The molecule has 0 unspecified atom stereocenters. The number of Topliss-reactive ketones (excluding diaryl/α,β-unsaturated/α-hetero) is 1. The standard InChI is InChI=1S/C13H17BrOS/c1-9(2)12(15)13(3,4)16-11-7-5-10(14)6-8-11/h5-9H,1-4H3. The number of hydrogen-bond acceptors (Lipinski definition) is 2. The maximum absolute atomic E-state index is 12.0. The van der Waals surface area contributed by atoms with Crippen LogP contribution in [0.3, 0.4) is 0 Å². The lowest BCUT2D eigenvalue weighted by atomic mass is 9.98. The van der Waals surface area contributed by atoms with Crippen LogP contribution < -0.4 is 0 Å². The molecule has 0 heterocycles. The summed E-state index contributed by atoms with van der Waals surface area (Å²) in [5.74, 6) is 0.373. The normalized spacial score (nSPS) is 11.9. The van der Waals surface area contributed by atoms with Crippen molar-refractivity contribution in [2.45, 2.75) is 37.3 Å². The largest absolute Gasteiger partial charge is 0.298 e. The highest BCUT2D eigenvalue weighted by Gasteiger charge is 2.30. The summed E-state index contributed by atoms with van der Waals surface area (Å²) in [6.45, 7) is 7.88. The number of carbonyl (C=O) groups excluding carboxylic acids is 1. The van der Waals surface area contributed by atoms with E-state index in [0.717, 1.165) is 9.37 Å². The minimum atomic E-state index is -0.359. The molecule has 0 spiro atoms. The molecule has 0 aliphatic carbocycles. The molecule has 0 amide bonds. The molecule has 0 aliphatic heterocycles. The van der Waals surface area contributed by atoms with Gasteiger partial charge in [-0.3, -0.25) is 4.79 Å². The van der Waals surface area contributed by atoms with Crippen molar-refractivity contribution >= 4 is 33.5 Å². The van der Waals surface area contributed by atoms with Gasteiger partial charge in [0.05, 0.1) is 4.75 Å². The third kappa shape index (κ3) is 3.63. The van der Waals surface area contributed by atoms with Crippen LogP contribution in [0.1, 0.15) is 27.7 Å². The van der Waals surface area contributed by atoms with E-state index in [1.54, 1.807) is 11.8 Å². The Balaban J connectivity index is 2.80. The lowest BCUT2D eigenvalue weighted by Crippen LogP contribution is -2.31. The number of thioether (sulfide) groups is 1. The van der Waals surface area contributed by atoms with Gasteiger partial charge in [-0.1, -0.05) is 29.8 Å². The molecule has 0 bridgehead atoms. The van der Waals surface area contributed by atoms with Crippen molar-refractivity contribution in [3.8, 4) is 0 Å². The zero-order valence-corrected chi connectivity index (χ0v) is 12.5. The zero-order valence-electron chi connectivity index (χ0n) is 10.1. The van der Waals surface area contributed by atoms with Crippen LogP contribution in [0.4, 0.5) is 0 Å². The van der Waals surface area contributed by atoms with Gasteiger partial charge in [-0.2, -0.15) is 0 Å². The van der Waals surface area contributed by atoms with E-state index < -0.39 is 0 Å². The van der Waals surface area contributed by atoms with Gasteiger partial charge in [-0.05, 0) is 38.1 Å². The van der Waals surface area contributed by atoms with Crippen LogP contribution in [0.2, 0.25) is 0 Å². The summed E-state index contributed by atoms with van der Waals surface area (Å²) in [7, 11) is 0. The van der Waals surface area contributed by atoms with Crippen LogP contribution in [0.25, 0.3) is 0 Å². The smallest absolute Gasteiger partial charge is 0.151 e. The molecule has 88 valence electrons. The summed E-state index contributed by atoms with van der Waals surface area (Å²) in [5, 5.41) is 0. The van der Waals surface area contributed by atoms with Crippen LogP contribution in [0.15, 0.2) is 33.6 Å². The molecule has 0 radical (unpaired) electrons. The van der Waals surface area contributed by atoms with E-state index in [0.29, 0.717) is 5.78 Å². The van der Waals surface area contributed by atoms with Gasteiger partial charge in [0.2, 0.25) is 0 Å². The second-order valence-corrected chi connectivity index (χ2v) is 7.20. The molecule has 0 aliphatic rings. The van der Waals surface area contributed by atoms with Crippen molar-refractivity contribution in [1.29, 1.82) is 0 Å². The van der Waals surface area contributed by atoms with Gasteiger partial charge in [0.25, 0.3) is 0 Å². The lowest BCUT2D eigenvalue weighted by molar-refractivity contribution is -0.123. The second kappa shape index (κ2) is 5.37.